The number of aliphatic imine (C=N–C) groups is 1. The largest absolute Gasteiger partial charge is 0.469 e. The fourth-order valence-electron chi connectivity index (χ4n) is 4.03. The first-order chi connectivity index (χ1) is 13.7. The van der Waals surface area contributed by atoms with Gasteiger partial charge < -0.3 is 24.7 Å². The highest BCUT2D eigenvalue weighted by Gasteiger charge is 2.24. The molecule has 156 valence electrons. The Labute approximate surface area is 167 Å². The average molecular weight is 391 g/mol. The molecule has 0 atom stereocenters. The molecule has 2 heterocycles. The number of likely N-dealkylation sites (tertiary alicyclic amines) is 1. The van der Waals surface area contributed by atoms with E-state index in [0.717, 1.165) is 44.1 Å². The molecule has 1 saturated carbocycles. The van der Waals surface area contributed by atoms with Crippen LogP contribution in [0.2, 0.25) is 0 Å². The van der Waals surface area contributed by atoms with Gasteiger partial charge in [-0.25, -0.2) is 4.79 Å². The van der Waals surface area contributed by atoms with Crippen molar-refractivity contribution < 1.29 is 13.9 Å². The van der Waals surface area contributed by atoms with Crippen molar-refractivity contribution in [3.8, 4) is 0 Å². The summed E-state index contributed by atoms with van der Waals surface area (Å²) in [7, 11) is 1.44. The summed E-state index contributed by atoms with van der Waals surface area (Å²) in [5.41, 5.74) is 0. The van der Waals surface area contributed by atoms with Crippen LogP contribution in [-0.4, -0.2) is 56.3 Å². The lowest BCUT2D eigenvalue weighted by Gasteiger charge is -2.32. The number of carbonyl (C=O) groups excluding carboxylic acids is 1. The lowest BCUT2D eigenvalue weighted by molar-refractivity contribution is 0.111. The summed E-state index contributed by atoms with van der Waals surface area (Å²) < 4.78 is 10.2. The number of hydrogen-bond donors (Lipinski definition) is 2. The molecule has 7 heteroatoms. The zero-order valence-electron chi connectivity index (χ0n) is 17.0. The molecule has 1 aromatic rings. The number of nitrogens with one attached hydrogen (secondary N) is 2. The molecule has 1 aliphatic carbocycles. The maximum absolute atomic E-state index is 11.7. The first kappa shape index (κ1) is 20.6. The first-order valence-corrected chi connectivity index (χ1v) is 10.6. The number of nitrogens with zero attached hydrogens (tertiary/aromatic N) is 2. The van der Waals surface area contributed by atoms with Gasteiger partial charge in [0.05, 0.1) is 13.4 Å². The van der Waals surface area contributed by atoms with E-state index >= 15 is 0 Å². The second kappa shape index (κ2) is 11.0. The minimum atomic E-state index is -0.235. The molecule has 2 aliphatic rings. The van der Waals surface area contributed by atoms with E-state index in [2.05, 4.69) is 10.6 Å². The molecule has 0 radical (unpaired) electrons. The van der Waals surface area contributed by atoms with E-state index in [1.165, 1.54) is 39.2 Å². The lowest BCUT2D eigenvalue weighted by Crippen LogP contribution is -2.50. The molecule has 7 nitrogen and oxygen atoms in total. The van der Waals surface area contributed by atoms with Gasteiger partial charge in [0.25, 0.3) is 0 Å². The van der Waals surface area contributed by atoms with Crippen LogP contribution in [0.4, 0.5) is 4.79 Å². The minimum Gasteiger partial charge on any atom is -0.469 e. The van der Waals surface area contributed by atoms with Crippen molar-refractivity contribution in [3.63, 3.8) is 0 Å². The number of amides is 1. The van der Waals surface area contributed by atoms with E-state index in [9.17, 15) is 4.79 Å². The quantitative estimate of drug-likeness (QED) is 0.576. The molecule has 0 bridgehead atoms. The van der Waals surface area contributed by atoms with Crippen LogP contribution in [-0.2, 0) is 11.2 Å². The van der Waals surface area contributed by atoms with Gasteiger partial charge >= 0.3 is 6.09 Å². The molecule has 28 heavy (non-hydrogen) atoms. The maximum atomic E-state index is 11.7. The third kappa shape index (κ3) is 6.46. The van der Waals surface area contributed by atoms with E-state index in [1.807, 2.05) is 12.1 Å². The first-order valence-electron chi connectivity index (χ1n) is 10.6. The summed E-state index contributed by atoms with van der Waals surface area (Å²) in [6, 6.07) is 4.24. The third-order valence-electron chi connectivity index (χ3n) is 5.74. The topological polar surface area (TPSA) is 79.1 Å². The Hall–Kier alpha value is -2.18. The monoisotopic (exact) mass is 390 g/mol. The number of ether oxygens (including phenoxy) is 1. The smallest absolute Gasteiger partial charge is 0.409 e. The molecule has 1 aliphatic heterocycles. The highest BCUT2D eigenvalue weighted by molar-refractivity contribution is 5.80. The van der Waals surface area contributed by atoms with Crippen molar-refractivity contribution >= 4 is 12.1 Å². The van der Waals surface area contributed by atoms with Crippen LogP contribution in [0.3, 0.4) is 0 Å². The zero-order valence-corrected chi connectivity index (χ0v) is 17.0. The Morgan fingerprint density at radius 1 is 1.25 bits per heavy atom. The SMILES string of the molecule is COC(=O)N1CCC(NC(=NCC2CCCCC2)NCCc2ccco2)CC1. The molecule has 0 spiro atoms. The number of carbonyl (C=O) groups is 1. The number of guanidine groups is 1. The van der Waals surface area contributed by atoms with Gasteiger partial charge in [-0.1, -0.05) is 19.3 Å². The van der Waals surface area contributed by atoms with Crippen molar-refractivity contribution in [1.82, 2.24) is 15.5 Å². The Morgan fingerprint density at radius 3 is 2.71 bits per heavy atom. The molecule has 1 amide bonds. The fraction of sp³-hybridized carbons (Fsp3) is 0.714. The van der Waals surface area contributed by atoms with Gasteiger partial charge in [-0.2, -0.15) is 0 Å². The van der Waals surface area contributed by atoms with E-state index in [-0.39, 0.29) is 6.09 Å². The highest BCUT2D eigenvalue weighted by Crippen LogP contribution is 2.23. The Morgan fingerprint density at radius 2 is 2.04 bits per heavy atom. The summed E-state index contributed by atoms with van der Waals surface area (Å²) in [4.78, 5) is 18.3. The summed E-state index contributed by atoms with van der Waals surface area (Å²) in [5, 5.41) is 7.05. The van der Waals surface area contributed by atoms with E-state index in [0.29, 0.717) is 25.0 Å². The molecule has 0 unspecified atom stereocenters. The average Bonchev–Trinajstić information content (AvgIpc) is 3.26. The van der Waals surface area contributed by atoms with Crippen molar-refractivity contribution in [2.75, 3.05) is 33.3 Å². The third-order valence-corrected chi connectivity index (χ3v) is 5.74. The predicted molar refractivity (Wildman–Crippen MR) is 109 cm³/mol. The zero-order chi connectivity index (χ0) is 19.6. The van der Waals surface area contributed by atoms with Crippen LogP contribution in [0.25, 0.3) is 0 Å². The van der Waals surface area contributed by atoms with Crippen LogP contribution in [0, 0.1) is 5.92 Å². The van der Waals surface area contributed by atoms with Gasteiger partial charge in [0.2, 0.25) is 0 Å². The molecule has 3 rings (SSSR count). The van der Waals surface area contributed by atoms with Gasteiger partial charge in [0, 0.05) is 38.6 Å². The Kier molecular flexibility index (Phi) is 8.06. The van der Waals surface area contributed by atoms with Crippen molar-refractivity contribution in [2.45, 2.75) is 57.4 Å². The number of methoxy groups -OCH3 is 1. The van der Waals surface area contributed by atoms with Crippen LogP contribution >= 0.6 is 0 Å². The number of piperidine rings is 1. The second-order valence-electron chi connectivity index (χ2n) is 7.83. The molecule has 1 aromatic heterocycles. The Balaban J connectivity index is 1.50. The standard InChI is InChI=1S/C21H34N4O3/c1-27-21(26)25-13-10-18(11-14-25)24-20(22-12-9-19-8-5-15-28-19)23-16-17-6-3-2-4-7-17/h5,8,15,17-18H,2-4,6-7,9-14,16H2,1H3,(H2,22,23,24). The van der Waals surface area contributed by atoms with Crippen molar-refractivity contribution in [2.24, 2.45) is 10.9 Å². The lowest BCUT2D eigenvalue weighted by atomic mass is 9.89. The summed E-state index contributed by atoms with van der Waals surface area (Å²) in [6.07, 6.45) is 10.7. The van der Waals surface area contributed by atoms with Gasteiger partial charge in [-0.15, -0.1) is 0 Å². The maximum Gasteiger partial charge on any atom is 0.409 e. The van der Waals surface area contributed by atoms with E-state index in [4.69, 9.17) is 14.1 Å². The summed E-state index contributed by atoms with van der Waals surface area (Å²) in [6.45, 7) is 3.10. The van der Waals surface area contributed by atoms with E-state index in [1.54, 1.807) is 11.2 Å². The van der Waals surface area contributed by atoms with Crippen LogP contribution in [0.15, 0.2) is 27.8 Å². The molecule has 2 fully saturated rings. The van der Waals surface area contributed by atoms with Crippen LogP contribution < -0.4 is 10.6 Å². The van der Waals surface area contributed by atoms with Crippen molar-refractivity contribution in [1.29, 1.82) is 0 Å². The molecular formula is C21H34N4O3. The normalized spacial score (nSPS) is 19.5. The van der Waals surface area contributed by atoms with E-state index < -0.39 is 0 Å². The van der Waals surface area contributed by atoms with Gasteiger partial charge in [-0.05, 0) is 43.7 Å². The molecule has 0 aromatic carbocycles. The summed E-state index contributed by atoms with van der Waals surface area (Å²) in [5.74, 6) is 2.57. The number of hydrogen-bond acceptors (Lipinski definition) is 4. The van der Waals surface area contributed by atoms with Crippen LogP contribution in [0.5, 0.6) is 0 Å². The minimum absolute atomic E-state index is 0.235. The highest BCUT2D eigenvalue weighted by atomic mass is 16.5. The fourth-order valence-corrected chi connectivity index (χ4v) is 4.03. The van der Waals surface area contributed by atoms with Crippen LogP contribution in [0.1, 0.15) is 50.7 Å². The Bertz CT molecular complexity index is 603. The second-order valence-corrected chi connectivity index (χ2v) is 7.83. The van der Waals surface area contributed by atoms with Gasteiger partial charge in [0.1, 0.15) is 5.76 Å². The van der Waals surface area contributed by atoms with Crippen molar-refractivity contribution in [3.05, 3.63) is 24.2 Å². The number of furan rings is 1. The van der Waals surface area contributed by atoms with Gasteiger partial charge in [0.15, 0.2) is 5.96 Å². The molecule has 2 N–H and O–H groups in total. The number of rotatable bonds is 6. The predicted octanol–water partition coefficient (Wildman–Crippen LogP) is 3.17. The molecule has 1 saturated heterocycles. The van der Waals surface area contributed by atoms with Gasteiger partial charge in [-0.3, -0.25) is 4.99 Å². The summed E-state index contributed by atoms with van der Waals surface area (Å²) >= 11 is 0. The molecular weight excluding hydrogens is 356 g/mol.